The second-order valence-electron chi connectivity index (χ2n) is 4.95. The molecule has 2 atom stereocenters. The summed E-state index contributed by atoms with van der Waals surface area (Å²) >= 11 is 0. The number of aryl methyl sites for hydroxylation is 1. The predicted molar refractivity (Wildman–Crippen MR) is 67.7 cm³/mol. The van der Waals surface area contributed by atoms with Crippen LogP contribution in [0.2, 0.25) is 0 Å². The molecule has 0 bridgehead atoms. The molecule has 1 aromatic carbocycles. The predicted octanol–water partition coefficient (Wildman–Crippen LogP) is 3.66. The standard InChI is InChI=1S/C15H22O/c1-2-3-5-12-8-10-13(11-9-12)14-6-4-7-15(14)16/h8-11,14-16H,2-7H2,1H3/t14-,15+/m1/s1. The minimum absolute atomic E-state index is 0.110. The molecule has 1 N–H and O–H groups in total. The van der Waals surface area contributed by atoms with Gasteiger partial charge in [-0.2, -0.15) is 0 Å². The van der Waals surface area contributed by atoms with Crippen molar-refractivity contribution >= 4 is 0 Å². The molecule has 0 amide bonds. The van der Waals surface area contributed by atoms with E-state index < -0.39 is 0 Å². The minimum Gasteiger partial charge on any atom is -0.392 e. The van der Waals surface area contributed by atoms with Crippen LogP contribution in [0.5, 0.6) is 0 Å². The van der Waals surface area contributed by atoms with Gasteiger partial charge in [0.2, 0.25) is 0 Å². The molecule has 88 valence electrons. The largest absolute Gasteiger partial charge is 0.392 e. The van der Waals surface area contributed by atoms with Gasteiger partial charge in [-0.15, -0.1) is 0 Å². The van der Waals surface area contributed by atoms with Gasteiger partial charge in [-0.25, -0.2) is 0 Å². The Labute approximate surface area is 98.5 Å². The monoisotopic (exact) mass is 218 g/mol. The van der Waals surface area contributed by atoms with Crippen molar-refractivity contribution in [1.82, 2.24) is 0 Å². The average molecular weight is 218 g/mol. The Balaban J connectivity index is 2.01. The van der Waals surface area contributed by atoms with Crippen molar-refractivity contribution in [3.63, 3.8) is 0 Å². The quantitative estimate of drug-likeness (QED) is 0.817. The Kier molecular flexibility index (Phi) is 4.00. The number of hydrogen-bond donors (Lipinski definition) is 1. The highest BCUT2D eigenvalue weighted by Crippen LogP contribution is 2.34. The van der Waals surface area contributed by atoms with Crippen molar-refractivity contribution in [3.8, 4) is 0 Å². The van der Waals surface area contributed by atoms with E-state index in [1.54, 1.807) is 0 Å². The lowest BCUT2D eigenvalue weighted by atomic mass is 9.94. The molecular formula is C15H22O. The maximum Gasteiger partial charge on any atom is 0.0608 e. The molecule has 1 aliphatic carbocycles. The van der Waals surface area contributed by atoms with Crippen molar-refractivity contribution in [3.05, 3.63) is 35.4 Å². The Bertz CT molecular complexity index is 315. The van der Waals surface area contributed by atoms with Gasteiger partial charge in [-0.05, 0) is 36.8 Å². The van der Waals surface area contributed by atoms with E-state index >= 15 is 0 Å². The number of hydrogen-bond acceptors (Lipinski definition) is 1. The van der Waals surface area contributed by atoms with E-state index in [0.29, 0.717) is 5.92 Å². The summed E-state index contributed by atoms with van der Waals surface area (Å²) in [5.74, 6) is 0.389. The molecule has 2 rings (SSSR count). The summed E-state index contributed by atoms with van der Waals surface area (Å²) in [4.78, 5) is 0. The van der Waals surface area contributed by atoms with Gasteiger partial charge < -0.3 is 5.11 Å². The van der Waals surface area contributed by atoms with Crippen LogP contribution in [-0.2, 0) is 6.42 Å². The van der Waals surface area contributed by atoms with E-state index in [-0.39, 0.29) is 6.10 Å². The van der Waals surface area contributed by atoms with Crippen LogP contribution in [0, 0.1) is 0 Å². The molecule has 0 unspecified atom stereocenters. The Hall–Kier alpha value is -0.820. The summed E-state index contributed by atoms with van der Waals surface area (Å²) in [6.07, 6.45) is 6.89. The number of unbranched alkanes of at least 4 members (excludes halogenated alkanes) is 1. The fourth-order valence-corrected chi connectivity index (χ4v) is 2.64. The molecule has 0 spiro atoms. The van der Waals surface area contributed by atoms with Gasteiger partial charge in [0, 0.05) is 5.92 Å². The first kappa shape index (κ1) is 11.7. The number of benzene rings is 1. The van der Waals surface area contributed by atoms with Gasteiger partial charge in [0.25, 0.3) is 0 Å². The van der Waals surface area contributed by atoms with Crippen LogP contribution in [0.4, 0.5) is 0 Å². The summed E-state index contributed by atoms with van der Waals surface area (Å²) in [5.41, 5.74) is 2.75. The fraction of sp³-hybridized carbons (Fsp3) is 0.600. The van der Waals surface area contributed by atoms with E-state index in [1.807, 2.05) is 0 Å². The number of aliphatic hydroxyl groups excluding tert-OH is 1. The minimum atomic E-state index is -0.110. The first-order valence-electron chi connectivity index (χ1n) is 6.58. The zero-order valence-corrected chi connectivity index (χ0v) is 10.2. The van der Waals surface area contributed by atoms with Gasteiger partial charge in [-0.3, -0.25) is 0 Å². The molecule has 0 saturated heterocycles. The number of aliphatic hydroxyl groups is 1. The van der Waals surface area contributed by atoms with E-state index in [9.17, 15) is 5.11 Å². The molecule has 0 aliphatic heterocycles. The molecular weight excluding hydrogens is 196 g/mol. The first-order chi connectivity index (χ1) is 7.81. The van der Waals surface area contributed by atoms with Crippen LogP contribution < -0.4 is 0 Å². The van der Waals surface area contributed by atoms with Crippen molar-refractivity contribution in [2.75, 3.05) is 0 Å². The Morgan fingerprint density at radius 1 is 1.19 bits per heavy atom. The zero-order chi connectivity index (χ0) is 11.4. The van der Waals surface area contributed by atoms with Crippen molar-refractivity contribution in [2.45, 2.75) is 57.5 Å². The maximum atomic E-state index is 9.85. The topological polar surface area (TPSA) is 20.2 Å². The maximum absolute atomic E-state index is 9.85. The third-order valence-electron chi connectivity index (χ3n) is 3.71. The second-order valence-corrected chi connectivity index (χ2v) is 4.95. The van der Waals surface area contributed by atoms with Crippen LogP contribution in [-0.4, -0.2) is 11.2 Å². The van der Waals surface area contributed by atoms with Gasteiger partial charge in [0.15, 0.2) is 0 Å². The second kappa shape index (κ2) is 5.49. The lowest BCUT2D eigenvalue weighted by molar-refractivity contribution is 0.164. The van der Waals surface area contributed by atoms with Crippen LogP contribution in [0.15, 0.2) is 24.3 Å². The third-order valence-corrected chi connectivity index (χ3v) is 3.71. The smallest absolute Gasteiger partial charge is 0.0608 e. The Morgan fingerprint density at radius 3 is 2.50 bits per heavy atom. The normalized spacial score (nSPS) is 24.9. The van der Waals surface area contributed by atoms with Gasteiger partial charge in [0.05, 0.1) is 6.10 Å². The van der Waals surface area contributed by atoms with Crippen molar-refractivity contribution in [2.24, 2.45) is 0 Å². The SMILES string of the molecule is CCCCc1ccc([C@H]2CCC[C@@H]2O)cc1. The van der Waals surface area contributed by atoms with E-state index in [1.165, 1.54) is 36.8 Å². The van der Waals surface area contributed by atoms with Gasteiger partial charge in [0.1, 0.15) is 0 Å². The molecule has 1 nitrogen and oxygen atoms in total. The fourth-order valence-electron chi connectivity index (χ4n) is 2.64. The summed E-state index contributed by atoms with van der Waals surface area (Å²) < 4.78 is 0. The van der Waals surface area contributed by atoms with Crippen molar-refractivity contribution < 1.29 is 5.11 Å². The molecule has 0 radical (unpaired) electrons. The van der Waals surface area contributed by atoms with Crippen LogP contribution in [0.3, 0.4) is 0 Å². The van der Waals surface area contributed by atoms with Crippen LogP contribution in [0.1, 0.15) is 56.1 Å². The average Bonchev–Trinajstić information content (AvgIpc) is 2.74. The summed E-state index contributed by atoms with van der Waals surface area (Å²) in [5, 5.41) is 9.85. The summed E-state index contributed by atoms with van der Waals surface area (Å²) in [7, 11) is 0. The van der Waals surface area contributed by atoms with Crippen molar-refractivity contribution in [1.29, 1.82) is 0 Å². The molecule has 1 saturated carbocycles. The third kappa shape index (κ3) is 2.65. The molecule has 16 heavy (non-hydrogen) atoms. The van der Waals surface area contributed by atoms with E-state index in [4.69, 9.17) is 0 Å². The highest BCUT2D eigenvalue weighted by Gasteiger charge is 2.26. The first-order valence-corrected chi connectivity index (χ1v) is 6.58. The highest BCUT2D eigenvalue weighted by atomic mass is 16.3. The summed E-state index contributed by atoms with van der Waals surface area (Å²) in [6, 6.07) is 8.89. The molecule has 0 heterocycles. The van der Waals surface area contributed by atoms with Gasteiger partial charge >= 0.3 is 0 Å². The van der Waals surface area contributed by atoms with E-state index in [0.717, 1.165) is 12.8 Å². The lowest BCUT2D eigenvalue weighted by Crippen LogP contribution is -2.10. The van der Waals surface area contributed by atoms with E-state index in [2.05, 4.69) is 31.2 Å². The zero-order valence-electron chi connectivity index (χ0n) is 10.2. The number of rotatable bonds is 4. The van der Waals surface area contributed by atoms with Gasteiger partial charge in [-0.1, -0.05) is 44.0 Å². The molecule has 1 fully saturated rings. The molecule has 1 aliphatic rings. The molecule has 0 aromatic heterocycles. The van der Waals surface area contributed by atoms with Crippen LogP contribution >= 0.6 is 0 Å². The highest BCUT2D eigenvalue weighted by molar-refractivity contribution is 5.27. The lowest BCUT2D eigenvalue weighted by Gasteiger charge is -2.15. The molecule has 1 heteroatoms. The Morgan fingerprint density at radius 2 is 1.94 bits per heavy atom. The van der Waals surface area contributed by atoms with Crippen LogP contribution in [0.25, 0.3) is 0 Å². The summed E-state index contributed by atoms with van der Waals surface area (Å²) in [6.45, 7) is 2.23. The molecule has 1 aromatic rings.